The van der Waals surface area contributed by atoms with Crippen LogP contribution in [0.1, 0.15) is 19.4 Å². The van der Waals surface area contributed by atoms with Crippen molar-refractivity contribution >= 4 is 21.9 Å². The van der Waals surface area contributed by atoms with E-state index in [-0.39, 0.29) is 0 Å². The molecule has 1 heterocycles. The number of benzene rings is 1. The molecule has 0 radical (unpaired) electrons. The monoisotopic (exact) mass is 324 g/mol. The average molecular weight is 325 g/mol. The Morgan fingerprint density at radius 1 is 1.42 bits per heavy atom. The number of aliphatic carboxylic acids is 1. The summed E-state index contributed by atoms with van der Waals surface area (Å²) < 4.78 is 2.13. The molecule has 0 aliphatic heterocycles. The Kier molecular flexibility index (Phi) is 3.40. The number of aromatic nitrogens is 4. The third-order valence-electron chi connectivity index (χ3n) is 2.89. The zero-order chi connectivity index (χ0) is 14.2. The van der Waals surface area contributed by atoms with E-state index in [2.05, 4.69) is 31.5 Å². The van der Waals surface area contributed by atoms with E-state index in [0.717, 1.165) is 15.6 Å². The van der Waals surface area contributed by atoms with Gasteiger partial charge in [0, 0.05) is 10.0 Å². The molecule has 6 nitrogen and oxygen atoms in total. The van der Waals surface area contributed by atoms with E-state index >= 15 is 0 Å². The SMILES string of the molecule is Cc1ccc(Br)c(-c2nnnn2C(C)(C)C(=O)O)c1. The summed E-state index contributed by atoms with van der Waals surface area (Å²) in [5, 5.41) is 20.6. The van der Waals surface area contributed by atoms with Crippen molar-refractivity contribution in [2.75, 3.05) is 0 Å². The maximum absolute atomic E-state index is 11.3. The number of carbonyl (C=O) groups is 1. The number of hydrogen-bond donors (Lipinski definition) is 1. The van der Waals surface area contributed by atoms with Crippen LogP contribution in [0.5, 0.6) is 0 Å². The van der Waals surface area contributed by atoms with Crippen molar-refractivity contribution in [1.82, 2.24) is 20.2 Å². The van der Waals surface area contributed by atoms with Gasteiger partial charge >= 0.3 is 5.97 Å². The molecular formula is C12H13BrN4O2. The van der Waals surface area contributed by atoms with Gasteiger partial charge in [0.1, 0.15) is 0 Å². The summed E-state index contributed by atoms with van der Waals surface area (Å²) in [6.07, 6.45) is 0. The molecule has 2 rings (SSSR count). The molecule has 2 aromatic rings. The van der Waals surface area contributed by atoms with Crippen LogP contribution in [-0.4, -0.2) is 31.3 Å². The number of hydrogen-bond acceptors (Lipinski definition) is 4. The van der Waals surface area contributed by atoms with E-state index in [1.54, 1.807) is 13.8 Å². The predicted octanol–water partition coefficient (Wildman–Crippen LogP) is 2.23. The van der Waals surface area contributed by atoms with Gasteiger partial charge in [-0.3, -0.25) is 0 Å². The second kappa shape index (κ2) is 4.73. The van der Waals surface area contributed by atoms with E-state index in [0.29, 0.717) is 5.82 Å². The standard InChI is InChI=1S/C12H13BrN4O2/c1-7-4-5-9(13)8(6-7)10-14-15-16-17(10)12(2,3)11(18)19/h4-6H,1-3H3,(H,18,19). The Morgan fingerprint density at radius 3 is 2.74 bits per heavy atom. The fraction of sp³-hybridized carbons (Fsp3) is 0.333. The second-order valence-corrected chi connectivity index (χ2v) is 5.62. The van der Waals surface area contributed by atoms with Gasteiger partial charge in [0.15, 0.2) is 11.4 Å². The molecule has 0 saturated carbocycles. The molecule has 0 saturated heterocycles. The molecule has 100 valence electrons. The van der Waals surface area contributed by atoms with Crippen LogP contribution in [0.4, 0.5) is 0 Å². The molecule has 0 bridgehead atoms. The highest BCUT2D eigenvalue weighted by Crippen LogP contribution is 2.30. The number of carboxylic acid groups (broad SMARTS) is 1. The minimum Gasteiger partial charge on any atom is -0.479 e. The quantitative estimate of drug-likeness (QED) is 0.936. The largest absolute Gasteiger partial charge is 0.479 e. The van der Waals surface area contributed by atoms with Gasteiger partial charge in [-0.2, -0.15) is 0 Å². The third-order valence-corrected chi connectivity index (χ3v) is 3.58. The smallest absolute Gasteiger partial charge is 0.331 e. The molecule has 7 heteroatoms. The summed E-state index contributed by atoms with van der Waals surface area (Å²) in [6, 6.07) is 5.74. The van der Waals surface area contributed by atoms with Gasteiger partial charge < -0.3 is 5.11 Å². The van der Waals surface area contributed by atoms with Crippen molar-refractivity contribution in [2.24, 2.45) is 0 Å². The molecule has 0 atom stereocenters. The van der Waals surface area contributed by atoms with E-state index in [1.165, 1.54) is 4.68 Å². The fourth-order valence-corrected chi connectivity index (χ4v) is 2.06. The van der Waals surface area contributed by atoms with Crippen LogP contribution in [0.25, 0.3) is 11.4 Å². The first-order valence-electron chi connectivity index (χ1n) is 5.63. The first-order valence-corrected chi connectivity index (χ1v) is 6.42. The molecule has 0 aliphatic rings. The Hall–Kier alpha value is -1.76. The lowest BCUT2D eigenvalue weighted by atomic mass is 10.1. The van der Waals surface area contributed by atoms with E-state index in [9.17, 15) is 9.90 Å². The second-order valence-electron chi connectivity index (χ2n) is 4.76. The summed E-state index contributed by atoms with van der Waals surface area (Å²) in [5.41, 5.74) is 0.586. The van der Waals surface area contributed by atoms with Crippen LogP contribution in [0.3, 0.4) is 0 Å². The Morgan fingerprint density at radius 2 is 2.11 bits per heavy atom. The molecule has 1 aromatic heterocycles. The van der Waals surface area contributed by atoms with Gasteiger partial charge in [0.2, 0.25) is 0 Å². The highest BCUT2D eigenvalue weighted by Gasteiger charge is 2.34. The summed E-state index contributed by atoms with van der Waals surface area (Å²) >= 11 is 3.43. The normalized spacial score (nSPS) is 11.6. The summed E-state index contributed by atoms with van der Waals surface area (Å²) in [6.45, 7) is 5.06. The molecule has 19 heavy (non-hydrogen) atoms. The summed E-state index contributed by atoms with van der Waals surface area (Å²) in [4.78, 5) is 11.3. The molecule has 0 unspecified atom stereocenters. The molecular weight excluding hydrogens is 312 g/mol. The van der Waals surface area contributed by atoms with E-state index < -0.39 is 11.5 Å². The van der Waals surface area contributed by atoms with Crippen molar-refractivity contribution in [3.05, 3.63) is 28.2 Å². The minimum absolute atomic E-state index is 0.419. The zero-order valence-electron chi connectivity index (χ0n) is 10.8. The number of rotatable bonds is 3. The van der Waals surface area contributed by atoms with Crippen molar-refractivity contribution in [3.8, 4) is 11.4 Å². The Bertz CT molecular complexity index is 636. The van der Waals surface area contributed by atoms with Gasteiger partial charge in [-0.15, -0.1) is 5.10 Å². The lowest BCUT2D eigenvalue weighted by Crippen LogP contribution is -2.37. The van der Waals surface area contributed by atoms with E-state index in [4.69, 9.17) is 0 Å². The van der Waals surface area contributed by atoms with Gasteiger partial charge in [-0.25, -0.2) is 9.48 Å². The zero-order valence-corrected chi connectivity index (χ0v) is 12.3. The van der Waals surface area contributed by atoms with E-state index in [1.807, 2.05) is 25.1 Å². The number of nitrogens with zero attached hydrogens (tertiary/aromatic N) is 4. The molecule has 0 spiro atoms. The lowest BCUT2D eigenvalue weighted by Gasteiger charge is -2.20. The first kappa shape index (κ1) is 13.7. The molecule has 1 N–H and O–H groups in total. The fourth-order valence-electron chi connectivity index (χ4n) is 1.63. The van der Waals surface area contributed by atoms with Crippen LogP contribution >= 0.6 is 15.9 Å². The lowest BCUT2D eigenvalue weighted by molar-refractivity contribution is -0.146. The van der Waals surface area contributed by atoms with Crippen LogP contribution in [0.2, 0.25) is 0 Å². The van der Waals surface area contributed by atoms with Crippen molar-refractivity contribution in [3.63, 3.8) is 0 Å². The van der Waals surface area contributed by atoms with Crippen LogP contribution in [0.15, 0.2) is 22.7 Å². The predicted molar refractivity (Wildman–Crippen MR) is 72.6 cm³/mol. The highest BCUT2D eigenvalue weighted by molar-refractivity contribution is 9.10. The molecule has 1 aromatic carbocycles. The van der Waals surface area contributed by atoms with Crippen molar-refractivity contribution in [1.29, 1.82) is 0 Å². The number of tetrazole rings is 1. The maximum atomic E-state index is 11.3. The van der Waals surface area contributed by atoms with Gasteiger partial charge in [0.05, 0.1) is 0 Å². The number of carboxylic acids is 1. The van der Waals surface area contributed by atoms with Crippen LogP contribution in [0, 0.1) is 6.92 Å². The summed E-state index contributed by atoms with van der Waals surface area (Å²) in [5.74, 6) is -0.576. The van der Waals surface area contributed by atoms with Gasteiger partial charge in [-0.05, 0) is 43.3 Å². The Labute approximate surface area is 118 Å². The Balaban J connectivity index is 2.63. The highest BCUT2D eigenvalue weighted by atomic mass is 79.9. The average Bonchev–Trinajstić information content (AvgIpc) is 2.81. The van der Waals surface area contributed by atoms with Crippen LogP contribution < -0.4 is 0 Å². The first-order chi connectivity index (χ1) is 8.84. The topological polar surface area (TPSA) is 80.9 Å². The van der Waals surface area contributed by atoms with Crippen molar-refractivity contribution < 1.29 is 9.90 Å². The van der Waals surface area contributed by atoms with Gasteiger partial charge in [-0.1, -0.05) is 27.6 Å². The maximum Gasteiger partial charge on any atom is 0.331 e. The number of aryl methyl sites for hydroxylation is 1. The van der Waals surface area contributed by atoms with Gasteiger partial charge in [0.25, 0.3) is 0 Å². The number of halogens is 1. The summed E-state index contributed by atoms with van der Waals surface area (Å²) in [7, 11) is 0. The van der Waals surface area contributed by atoms with Crippen molar-refractivity contribution in [2.45, 2.75) is 26.3 Å². The third kappa shape index (κ3) is 2.37. The van der Waals surface area contributed by atoms with Crippen LogP contribution in [-0.2, 0) is 10.3 Å². The molecule has 0 aliphatic carbocycles. The minimum atomic E-state index is -1.22. The molecule has 0 amide bonds. The molecule has 0 fully saturated rings.